The van der Waals surface area contributed by atoms with Gasteiger partial charge in [-0.3, -0.25) is 4.79 Å². The van der Waals surface area contributed by atoms with Gasteiger partial charge >= 0.3 is 0 Å². The third kappa shape index (κ3) is 4.34. The lowest BCUT2D eigenvalue weighted by molar-refractivity contribution is -0.135. The van der Waals surface area contributed by atoms with Crippen molar-refractivity contribution in [1.82, 2.24) is 15.1 Å². The van der Waals surface area contributed by atoms with E-state index in [2.05, 4.69) is 16.3 Å². The number of fused-ring (bicyclic) bond motifs is 1. The van der Waals surface area contributed by atoms with Crippen LogP contribution in [0.15, 0.2) is 60.8 Å². The van der Waals surface area contributed by atoms with Gasteiger partial charge in [-0.05, 0) is 29.0 Å². The van der Waals surface area contributed by atoms with Crippen LogP contribution in [0, 0.1) is 0 Å². The monoisotopic (exact) mass is 363 g/mol. The molecule has 27 heavy (non-hydrogen) atoms. The molecule has 1 saturated heterocycles. The van der Waals surface area contributed by atoms with Gasteiger partial charge in [0, 0.05) is 38.2 Å². The standard InChI is InChI=1S/C21H21N3O3/c25-21(15-26-19-8-7-16-4-1-2-5-17(16)14-19)24-12-9-18(10-13-24)27-20-6-3-11-22-23-20/h1-8,11,14,18H,9-10,12-13,15H2. The van der Waals surface area contributed by atoms with E-state index in [1.807, 2.05) is 41.3 Å². The lowest BCUT2D eigenvalue weighted by Crippen LogP contribution is -2.43. The lowest BCUT2D eigenvalue weighted by atomic mass is 10.1. The molecule has 1 aliphatic heterocycles. The van der Waals surface area contributed by atoms with E-state index in [1.165, 1.54) is 0 Å². The Morgan fingerprint density at radius 2 is 1.85 bits per heavy atom. The Bertz CT molecular complexity index is 909. The summed E-state index contributed by atoms with van der Waals surface area (Å²) in [4.78, 5) is 14.3. The van der Waals surface area contributed by atoms with Gasteiger partial charge in [0.25, 0.3) is 5.91 Å². The molecule has 0 N–H and O–H groups in total. The van der Waals surface area contributed by atoms with Crippen LogP contribution in [-0.2, 0) is 4.79 Å². The molecule has 0 saturated carbocycles. The highest BCUT2D eigenvalue weighted by Crippen LogP contribution is 2.21. The summed E-state index contributed by atoms with van der Waals surface area (Å²) < 4.78 is 11.5. The first kappa shape index (κ1) is 17.3. The summed E-state index contributed by atoms with van der Waals surface area (Å²) in [6.45, 7) is 1.36. The maximum atomic E-state index is 12.4. The zero-order valence-electron chi connectivity index (χ0n) is 15.0. The summed E-state index contributed by atoms with van der Waals surface area (Å²) in [6.07, 6.45) is 3.23. The van der Waals surface area contributed by atoms with E-state index in [9.17, 15) is 4.79 Å². The Morgan fingerprint density at radius 1 is 1.04 bits per heavy atom. The predicted octanol–water partition coefficient (Wildman–Crippen LogP) is 3.08. The van der Waals surface area contributed by atoms with E-state index in [-0.39, 0.29) is 18.6 Å². The Balaban J connectivity index is 1.26. The van der Waals surface area contributed by atoms with Gasteiger partial charge in [0.05, 0.1) is 0 Å². The molecule has 0 aliphatic carbocycles. The van der Waals surface area contributed by atoms with E-state index >= 15 is 0 Å². The Kier molecular flexibility index (Phi) is 5.14. The molecule has 3 aromatic rings. The number of carbonyl (C=O) groups is 1. The molecule has 4 rings (SSSR count). The first-order valence-corrected chi connectivity index (χ1v) is 9.12. The normalized spacial score (nSPS) is 14.9. The zero-order valence-corrected chi connectivity index (χ0v) is 15.0. The lowest BCUT2D eigenvalue weighted by Gasteiger charge is -2.31. The fourth-order valence-electron chi connectivity index (χ4n) is 3.24. The van der Waals surface area contributed by atoms with Crippen LogP contribution in [0.1, 0.15) is 12.8 Å². The SMILES string of the molecule is O=C(COc1ccc2ccccc2c1)N1CCC(Oc2cccnn2)CC1. The van der Waals surface area contributed by atoms with Gasteiger partial charge < -0.3 is 14.4 Å². The molecule has 2 aromatic carbocycles. The van der Waals surface area contributed by atoms with Gasteiger partial charge in [-0.1, -0.05) is 30.3 Å². The van der Waals surface area contributed by atoms with E-state index in [0.29, 0.717) is 24.7 Å². The van der Waals surface area contributed by atoms with Crippen LogP contribution in [0.5, 0.6) is 11.6 Å². The minimum Gasteiger partial charge on any atom is -0.484 e. The van der Waals surface area contributed by atoms with Crippen LogP contribution < -0.4 is 9.47 Å². The second-order valence-corrected chi connectivity index (χ2v) is 6.56. The van der Waals surface area contributed by atoms with E-state index < -0.39 is 0 Å². The number of aromatic nitrogens is 2. The second kappa shape index (κ2) is 8.03. The summed E-state index contributed by atoms with van der Waals surface area (Å²) in [6, 6.07) is 17.5. The van der Waals surface area contributed by atoms with Crippen molar-refractivity contribution in [2.45, 2.75) is 18.9 Å². The number of nitrogens with zero attached hydrogens (tertiary/aromatic N) is 3. The van der Waals surface area contributed by atoms with E-state index in [0.717, 1.165) is 23.6 Å². The first-order chi connectivity index (χ1) is 13.3. The molecule has 6 nitrogen and oxygen atoms in total. The smallest absolute Gasteiger partial charge is 0.260 e. The second-order valence-electron chi connectivity index (χ2n) is 6.56. The minimum absolute atomic E-state index is 0.00103. The molecule has 1 aliphatic rings. The highest BCUT2D eigenvalue weighted by atomic mass is 16.5. The van der Waals surface area contributed by atoms with Crippen molar-refractivity contribution < 1.29 is 14.3 Å². The van der Waals surface area contributed by atoms with Crippen molar-refractivity contribution >= 4 is 16.7 Å². The topological polar surface area (TPSA) is 64.5 Å². The third-order valence-corrected chi connectivity index (χ3v) is 4.71. The van der Waals surface area contributed by atoms with Crippen LogP contribution in [-0.4, -0.2) is 46.8 Å². The van der Waals surface area contributed by atoms with Gasteiger partial charge in [-0.15, -0.1) is 5.10 Å². The average Bonchev–Trinajstić information content (AvgIpc) is 2.73. The number of likely N-dealkylation sites (tertiary alicyclic amines) is 1. The molecule has 1 amide bonds. The number of benzene rings is 2. The number of amides is 1. The number of ether oxygens (including phenoxy) is 2. The fourth-order valence-corrected chi connectivity index (χ4v) is 3.24. The van der Waals surface area contributed by atoms with Crippen molar-refractivity contribution in [1.29, 1.82) is 0 Å². The first-order valence-electron chi connectivity index (χ1n) is 9.12. The van der Waals surface area contributed by atoms with Crippen LogP contribution in [0.4, 0.5) is 0 Å². The molecular formula is C21H21N3O3. The molecule has 0 unspecified atom stereocenters. The molecule has 138 valence electrons. The van der Waals surface area contributed by atoms with Crippen molar-refractivity contribution in [3.8, 4) is 11.6 Å². The quantitative estimate of drug-likeness (QED) is 0.697. The number of hydrogen-bond acceptors (Lipinski definition) is 5. The molecule has 1 fully saturated rings. The van der Waals surface area contributed by atoms with Gasteiger partial charge in [0.15, 0.2) is 6.61 Å². The molecule has 0 radical (unpaired) electrons. The zero-order chi connectivity index (χ0) is 18.5. The van der Waals surface area contributed by atoms with Gasteiger partial charge in [-0.2, -0.15) is 5.10 Å². The van der Waals surface area contributed by atoms with Crippen molar-refractivity contribution in [2.75, 3.05) is 19.7 Å². The summed E-state index contributed by atoms with van der Waals surface area (Å²) in [7, 11) is 0. The highest BCUT2D eigenvalue weighted by molar-refractivity contribution is 5.84. The van der Waals surface area contributed by atoms with Crippen molar-refractivity contribution in [2.24, 2.45) is 0 Å². The molecule has 0 atom stereocenters. The third-order valence-electron chi connectivity index (χ3n) is 4.71. The summed E-state index contributed by atoms with van der Waals surface area (Å²) >= 11 is 0. The largest absolute Gasteiger partial charge is 0.484 e. The number of hydrogen-bond donors (Lipinski definition) is 0. The summed E-state index contributed by atoms with van der Waals surface area (Å²) in [5, 5.41) is 10.0. The number of carbonyl (C=O) groups excluding carboxylic acids is 1. The van der Waals surface area contributed by atoms with E-state index in [1.54, 1.807) is 18.3 Å². The van der Waals surface area contributed by atoms with Gasteiger partial charge in [0.1, 0.15) is 11.9 Å². The molecule has 0 bridgehead atoms. The maximum Gasteiger partial charge on any atom is 0.260 e. The van der Waals surface area contributed by atoms with Gasteiger partial charge in [0.2, 0.25) is 5.88 Å². The molecular weight excluding hydrogens is 342 g/mol. The van der Waals surface area contributed by atoms with Crippen molar-refractivity contribution in [3.05, 3.63) is 60.8 Å². The van der Waals surface area contributed by atoms with Crippen LogP contribution in [0.25, 0.3) is 10.8 Å². The van der Waals surface area contributed by atoms with Crippen molar-refractivity contribution in [3.63, 3.8) is 0 Å². The minimum atomic E-state index is 0.00103. The average molecular weight is 363 g/mol. The Hall–Kier alpha value is -3.15. The number of rotatable bonds is 5. The fraction of sp³-hybridized carbons (Fsp3) is 0.286. The Morgan fingerprint density at radius 3 is 2.63 bits per heavy atom. The van der Waals surface area contributed by atoms with Crippen LogP contribution in [0.3, 0.4) is 0 Å². The highest BCUT2D eigenvalue weighted by Gasteiger charge is 2.24. The maximum absolute atomic E-state index is 12.4. The predicted molar refractivity (Wildman–Crippen MR) is 102 cm³/mol. The molecule has 2 heterocycles. The molecule has 1 aromatic heterocycles. The van der Waals surface area contributed by atoms with Gasteiger partial charge in [-0.25, -0.2) is 0 Å². The summed E-state index contributed by atoms with van der Waals surface area (Å²) in [5.41, 5.74) is 0. The van der Waals surface area contributed by atoms with Crippen LogP contribution >= 0.6 is 0 Å². The molecule has 6 heteroatoms. The van der Waals surface area contributed by atoms with E-state index in [4.69, 9.17) is 9.47 Å². The van der Waals surface area contributed by atoms with Crippen LogP contribution in [0.2, 0.25) is 0 Å². The Labute approximate surface area is 157 Å². The number of piperidine rings is 1. The molecule has 0 spiro atoms. The summed E-state index contributed by atoms with van der Waals surface area (Å²) in [5.74, 6) is 1.24.